The quantitative estimate of drug-likeness (QED) is 0.295. The van der Waals surface area contributed by atoms with Crippen molar-refractivity contribution in [3.8, 4) is 0 Å². The molecule has 16 heavy (non-hydrogen) atoms. The number of ether oxygens (including phenoxy) is 1. The first kappa shape index (κ1) is 15.2. The van der Waals surface area contributed by atoms with E-state index >= 15 is 0 Å². The van der Waals surface area contributed by atoms with Gasteiger partial charge in [0.15, 0.2) is 0 Å². The number of allylic oxidation sites excluding steroid dienone is 2. The Morgan fingerprint density at radius 3 is 2.44 bits per heavy atom. The van der Waals surface area contributed by atoms with E-state index in [0.29, 0.717) is 13.0 Å². The van der Waals surface area contributed by atoms with E-state index in [9.17, 15) is 8.42 Å². The van der Waals surface area contributed by atoms with Gasteiger partial charge in [-0.1, -0.05) is 19.4 Å². The fourth-order valence-corrected chi connectivity index (χ4v) is 1.76. The third-order valence-corrected chi connectivity index (χ3v) is 2.86. The summed E-state index contributed by atoms with van der Waals surface area (Å²) in [5, 5.41) is 0. The van der Waals surface area contributed by atoms with Crippen LogP contribution in [0.2, 0.25) is 0 Å². The fourth-order valence-electron chi connectivity index (χ4n) is 1.19. The molecule has 0 amide bonds. The molecule has 0 aromatic carbocycles. The monoisotopic (exact) mass is 248 g/mol. The topological polar surface area (TPSA) is 63.6 Å². The SMILES string of the molecule is C=CC(=CC)OCCCCCCS(=O)(=O)O. The van der Waals surface area contributed by atoms with Gasteiger partial charge in [-0.2, -0.15) is 8.42 Å². The summed E-state index contributed by atoms with van der Waals surface area (Å²) in [6.45, 7) is 6.09. The van der Waals surface area contributed by atoms with Crippen LogP contribution in [0, 0.1) is 0 Å². The molecule has 0 aliphatic rings. The molecule has 0 aromatic heterocycles. The Bertz CT molecular complexity index is 317. The third kappa shape index (κ3) is 9.73. The lowest BCUT2D eigenvalue weighted by Crippen LogP contribution is -2.03. The molecule has 5 heteroatoms. The Morgan fingerprint density at radius 2 is 1.94 bits per heavy atom. The van der Waals surface area contributed by atoms with Crippen LogP contribution in [0.5, 0.6) is 0 Å². The summed E-state index contributed by atoms with van der Waals surface area (Å²) in [5.41, 5.74) is 0. The van der Waals surface area contributed by atoms with Crippen LogP contribution < -0.4 is 0 Å². The van der Waals surface area contributed by atoms with Gasteiger partial charge in [-0.25, -0.2) is 0 Å². The summed E-state index contributed by atoms with van der Waals surface area (Å²) in [6, 6.07) is 0. The summed E-state index contributed by atoms with van der Waals surface area (Å²) in [4.78, 5) is 0. The van der Waals surface area contributed by atoms with Gasteiger partial charge in [0.1, 0.15) is 5.76 Å². The van der Waals surface area contributed by atoms with Gasteiger partial charge in [-0.3, -0.25) is 4.55 Å². The smallest absolute Gasteiger partial charge is 0.264 e. The fraction of sp³-hybridized carbons (Fsp3) is 0.636. The molecule has 0 rings (SSSR count). The molecular weight excluding hydrogens is 228 g/mol. The maximum atomic E-state index is 10.4. The van der Waals surface area contributed by atoms with Crippen molar-refractivity contribution < 1.29 is 17.7 Å². The van der Waals surface area contributed by atoms with Crippen molar-refractivity contribution >= 4 is 10.1 Å². The minimum Gasteiger partial charge on any atom is -0.494 e. The average molecular weight is 248 g/mol. The van der Waals surface area contributed by atoms with E-state index in [1.165, 1.54) is 0 Å². The molecule has 0 atom stereocenters. The van der Waals surface area contributed by atoms with E-state index in [4.69, 9.17) is 9.29 Å². The summed E-state index contributed by atoms with van der Waals surface area (Å²) in [7, 11) is -3.79. The number of unbranched alkanes of at least 4 members (excludes halogenated alkanes) is 3. The Balaban J connectivity index is 3.38. The molecule has 0 heterocycles. The van der Waals surface area contributed by atoms with Crippen molar-refractivity contribution in [2.45, 2.75) is 32.6 Å². The van der Waals surface area contributed by atoms with E-state index in [1.807, 2.05) is 13.0 Å². The van der Waals surface area contributed by atoms with Crippen LogP contribution >= 0.6 is 0 Å². The first-order valence-corrected chi connectivity index (χ1v) is 6.97. The summed E-state index contributed by atoms with van der Waals surface area (Å²) in [6.07, 6.45) is 6.53. The highest BCUT2D eigenvalue weighted by molar-refractivity contribution is 7.85. The van der Waals surface area contributed by atoms with Crippen LogP contribution in [0.1, 0.15) is 32.6 Å². The molecule has 0 spiro atoms. The first-order chi connectivity index (χ1) is 7.49. The van der Waals surface area contributed by atoms with E-state index in [0.717, 1.165) is 25.0 Å². The van der Waals surface area contributed by atoms with Gasteiger partial charge < -0.3 is 4.74 Å². The first-order valence-electron chi connectivity index (χ1n) is 5.36. The van der Waals surface area contributed by atoms with E-state index in [1.54, 1.807) is 6.08 Å². The standard InChI is InChI=1S/C11H20O4S/c1-3-11(4-2)15-9-7-5-6-8-10-16(12,13)14/h3-4H,1,5-10H2,2H3,(H,12,13,14). The van der Waals surface area contributed by atoms with Crippen LogP contribution in [0.15, 0.2) is 24.5 Å². The van der Waals surface area contributed by atoms with Gasteiger partial charge >= 0.3 is 0 Å². The van der Waals surface area contributed by atoms with Crippen molar-refractivity contribution in [2.75, 3.05) is 12.4 Å². The maximum absolute atomic E-state index is 10.4. The van der Waals surface area contributed by atoms with E-state index < -0.39 is 10.1 Å². The Morgan fingerprint density at radius 1 is 1.31 bits per heavy atom. The molecular formula is C11H20O4S. The predicted octanol–water partition coefficient (Wildman–Crippen LogP) is 2.54. The second kappa shape index (κ2) is 8.35. The van der Waals surface area contributed by atoms with Crippen molar-refractivity contribution in [1.82, 2.24) is 0 Å². The summed E-state index contributed by atoms with van der Waals surface area (Å²) < 4.78 is 34.6. The van der Waals surface area contributed by atoms with Gasteiger partial charge in [-0.15, -0.1) is 0 Å². The predicted molar refractivity (Wildman–Crippen MR) is 64.8 cm³/mol. The highest BCUT2D eigenvalue weighted by Gasteiger charge is 2.02. The number of hydrogen-bond donors (Lipinski definition) is 1. The second-order valence-electron chi connectivity index (χ2n) is 3.44. The lowest BCUT2D eigenvalue weighted by atomic mass is 10.2. The molecule has 0 aliphatic carbocycles. The summed E-state index contributed by atoms with van der Waals surface area (Å²) in [5.74, 6) is 0.610. The molecule has 0 saturated heterocycles. The van der Waals surface area contributed by atoms with Gasteiger partial charge in [0.05, 0.1) is 12.4 Å². The Kier molecular flexibility index (Phi) is 7.93. The largest absolute Gasteiger partial charge is 0.494 e. The van der Waals surface area contributed by atoms with Crippen molar-refractivity contribution in [3.63, 3.8) is 0 Å². The Hall–Kier alpha value is -0.810. The molecule has 0 fully saturated rings. The lowest BCUT2D eigenvalue weighted by molar-refractivity contribution is 0.216. The zero-order valence-corrected chi connectivity index (χ0v) is 10.5. The van der Waals surface area contributed by atoms with Gasteiger partial charge in [0.2, 0.25) is 0 Å². The van der Waals surface area contributed by atoms with Gasteiger partial charge in [-0.05, 0) is 31.9 Å². The molecule has 0 radical (unpaired) electrons. The number of rotatable bonds is 9. The lowest BCUT2D eigenvalue weighted by Gasteiger charge is -2.05. The van der Waals surface area contributed by atoms with E-state index in [-0.39, 0.29) is 5.75 Å². The number of hydrogen-bond acceptors (Lipinski definition) is 3. The molecule has 0 aliphatic heterocycles. The molecule has 0 saturated carbocycles. The average Bonchev–Trinajstić information content (AvgIpc) is 2.21. The highest BCUT2D eigenvalue weighted by Crippen LogP contribution is 2.05. The molecule has 0 unspecified atom stereocenters. The minimum atomic E-state index is -3.79. The highest BCUT2D eigenvalue weighted by atomic mass is 32.2. The van der Waals surface area contributed by atoms with Crippen LogP contribution in [-0.2, 0) is 14.9 Å². The minimum absolute atomic E-state index is 0.152. The zero-order chi connectivity index (χ0) is 12.4. The van der Waals surface area contributed by atoms with Gasteiger partial charge in [0, 0.05) is 0 Å². The molecule has 0 bridgehead atoms. The normalized spacial score (nSPS) is 12.5. The molecule has 94 valence electrons. The van der Waals surface area contributed by atoms with Crippen LogP contribution in [-0.4, -0.2) is 25.3 Å². The van der Waals surface area contributed by atoms with Crippen LogP contribution in [0.4, 0.5) is 0 Å². The van der Waals surface area contributed by atoms with Crippen molar-refractivity contribution in [1.29, 1.82) is 0 Å². The van der Waals surface area contributed by atoms with Gasteiger partial charge in [0.25, 0.3) is 10.1 Å². The second-order valence-corrected chi connectivity index (χ2v) is 5.02. The summed E-state index contributed by atoms with van der Waals surface area (Å²) >= 11 is 0. The maximum Gasteiger partial charge on any atom is 0.264 e. The molecule has 0 aromatic rings. The molecule has 1 N–H and O–H groups in total. The van der Waals surface area contributed by atoms with E-state index in [2.05, 4.69) is 6.58 Å². The van der Waals surface area contributed by atoms with Crippen LogP contribution in [0.3, 0.4) is 0 Å². The zero-order valence-electron chi connectivity index (χ0n) is 9.68. The van der Waals surface area contributed by atoms with Crippen molar-refractivity contribution in [2.24, 2.45) is 0 Å². The van der Waals surface area contributed by atoms with Crippen LogP contribution in [0.25, 0.3) is 0 Å². The molecule has 4 nitrogen and oxygen atoms in total. The van der Waals surface area contributed by atoms with Crippen molar-refractivity contribution in [3.05, 3.63) is 24.5 Å². The third-order valence-electron chi connectivity index (χ3n) is 2.05. The Labute approximate surface area is 97.8 Å².